The van der Waals surface area contributed by atoms with Crippen LogP contribution in [0.2, 0.25) is 0 Å². The number of amides is 1. The molecular weight excluding hydrogens is 200 g/mol. The van der Waals surface area contributed by atoms with E-state index in [-0.39, 0.29) is 16.9 Å². The summed E-state index contributed by atoms with van der Waals surface area (Å²) in [6.07, 6.45) is 5.18. The highest BCUT2D eigenvalue weighted by Gasteiger charge is 2.45. The molecule has 3 nitrogen and oxygen atoms in total. The summed E-state index contributed by atoms with van der Waals surface area (Å²) in [5.74, 6) is 0.330. The lowest BCUT2D eigenvalue weighted by atomic mass is 9.61. The first kappa shape index (κ1) is 13.5. The van der Waals surface area contributed by atoms with E-state index < -0.39 is 0 Å². The molecule has 1 rings (SSSR count). The van der Waals surface area contributed by atoms with Crippen molar-refractivity contribution in [3.63, 3.8) is 0 Å². The van der Waals surface area contributed by atoms with Gasteiger partial charge in [0.15, 0.2) is 0 Å². The second-order valence-corrected chi connectivity index (χ2v) is 6.21. The van der Waals surface area contributed by atoms with Crippen molar-refractivity contribution >= 4 is 5.91 Å². The molecule has 3 heteroatoms. The number of nitrogens with one attached hydrogen (secondary N) is 1. The van der Waals surface area contributed by atoms with Gasteiger partial charge in [0, 0.05) is 12.0 Å². The molecule has 0 bridgehead atoms. The summed E-state index contributed by atoms with van der Waals surface area (Å²) < 4.78 is 0. The zero-order chi connectivity index (χ0) is 12.4. The Morgan fingerprint density at radius 3 is 2.50 bits per heavy atom. The molecule has 2 atom stereocenters. The molecule has 94 valence electrons. The monoisotopic (exact) mass is 226 g/mol. The van der Waals surface area contributed by atoms with Crippen LogP contribution in [0.4, 0.5) is 0 Å². The van der Waals surface area contributed by atoms with Gasteiger partial charge in [-0.2, -0.15) is 0 Å². The number of carbonyl (C=O) groups is 1. The summed E-state index contributed by atoms with van der Waals surface area (Å²) in [5, 5.41) is 3.40. The van der Waals surface area contributed by atoms with Gasteiger partial charge in [-0.05, 0) is 31.2 Å². The van der Waals surface area contributed by atoms with Gasteiger partial charge < -0.3 is 11.1 Å². The van der Waals surface area contributed by atoms with E-state index in [2.05, 4.69) is 26.1 Å². The summed E-state index contributed by atoms with van der Waals surface area (Å²) in [6, 6.07) is 0. The van der Waals surface area contributed by atoms with E-state index in [4.69, 9.17) is 5.73 Å². The number of rotatable bonds is 3. The van der Waals surface area contributed by atoms with Gasteiger partial charge in [-0.3, -0.25) is 4.79 Å². The average Bonchev–Trinajstić information content (AvgIpc) is 2.15. The summed E-state index contributed by atoms with van der Waals surface area (Å²) >= 11 is 0. The van der Waals surface area contributed by atoms with E-state index in [1.807, 2.05) is 7.05 Å². The molecule has 0 heterocycles. The summed E-state index contributed by atoms with van der Waals surface area (Å²) in [7, 11) is 1.97. The first-order valence-electron chi connectivity index (χ1n) is 6.29. The molecule has 1 aliphatic carbocycles. The van der Waals surface area contributed by atoms with Gasteiger partial charge in [0.1, 0.15) is 0 Å². The summed E-state index contributed by atoms with van der Waals surface area (Å²) in [5.41, 5.74) is 5.55. The molecule has 0 radical (unpaired) electrons. The fourth-order valence-corrected chi connectivity index (χ4v) is 3.41. The predicted octanol–water partition coefficient (Wildman–Crippen LogP) is 2.06. The zero-order valence-electron chi connectivity index (χ0n) is 11.1. The lowest BCUT2D eigenvalue weighted by molar-refractivity contribution is -0.121. The Hall–Kier alpha value is -0.570. The third-order valence-electron chi connectivity index (χ3n) is 4.07. The standard InChI is InChI=1S/C13H26N2O/c1-12(2,3)10-7-5-6-8-13(10,15-4)9-11(14)16/h10,15H,5-9H2,1-4H3,(H2,14,16). The SMILES string of the molecule is CNC1(CC(N)=O)CCCCC1C(C)(C)C. The van der Waals surface area contributed by atoms with E-state index >= 15 is 0 Å². The van der Waals surface area contributed by atoms with Crippen LogP contribution in [0.3, 0.4) is 0 Å². The molecule has 2 unspecified atom stereocenters. The summed E-state index contributed by atoms with van der Waals surface area (Å²) in [4.78, 5) is 11.3. The highest BCUT2D eigenvalue weighted by atomic mass is 16.1. The molecular formula is C13H26N2O. The molecule has 0 spiro atoms. The molecule has 1 aliphatic rings. The van der Waals surface area contributed by atoms with Crippen molar-refractivity contribution in [2.75, 3.05) is 7.05 Å². The third kappa shape index (κ3) is 2.76. The van der Waals surface area contributed by atoms with Crippen LogP contribution in [0.1, 0.15) is 52.9 Å². The minimum absolute atomic E-state index is 0.0810. The predicted molar refractivity (Wildman–Crippen MR) is 67.0 cm³/mol. The average molecular weight is 226 g/mol. The molecule has 0 saturated heterocycles. The normalized spacial score (nSPS) is 31.4. The van der Waals surface area contributed by atoms with Crippen LogP contribution in [0.25, 0.3) is 0 Å². The van der Waals surface area contributed by atoms with Crippen LogP contribution in [0.5, 0.6) is 0 Å². The molecule has 1 saturated carbocycles. The molecule has 0 aliphatic heterocycles. The van der Waals surface area contributed by atoms with Crippen molar-refractivity contribution in [1.82, 2.24) is 5.32 Å². The molecule has 0 aromatic heterocycles. The molecule has 3 N–H and O–H groups in total. The first-order valence-corrected chi connectivity index (χ1v) is 6.29. The minimum atomic E-state index is -0.189. The third-order valence-corrected chi connectivity index (χ3v) is 4.07. The van der Waals surface area contributed by atoms with E-state index in [1.165, 1.54) is 19.3 Å². The topological polar surface area (TPSA) is 55.1 Å². The molecule has 0 aromatic rings. The maximum Gasteiger partial charge on any atom is 0.219 e. The number of hydrogen-bond acceptors (Lipinski definition) is 2. The van der Waals surface area contributed by atoms with Crippen molar-refractivity contribution in [1.29, 1.82) is 0 Å². The molecule has 1 amide bonds. The maximum atomic E-state index is 11.3. The number of hydrogen-bond donors (Lipinski definition) is 2. The molecule has 1 fully saturated rings. The number of primary amides is 1. The second-order valence-electron chi connectivity index (χ2n) is 6.21. The Balaban J connectivity index is 2.96. The van der Waals surface area contributed by atoms with Crippen LogP contribution in [-0.4, -0.2) is 18.5 Å². The van der Waals surface area contributed by atoms with Crippen molar-refractivity contribution in [2.24, 2.45) is 17.1 Å². The molecule has 0 aromatic carbocycles. The van der Waals surface area contributed by atoms with Crippen LogP contribution in [0, 0.1) is 11.3 Å². The largest absolute Gasteiger partial charge is 0.370 e. The van der Waals surface area contributed by atoms with Gasteiger partial charge in [-0.25, -0.2) is 0 Å². The van der Waals surface area contributed by atoms with Gasteiger partial charge in [0.05, 0.1) is 0 Å². The first-order chi connectivity index (χ1) is 7.32. The lowest BCUT2D eigenvalue weighted by Crippen LogP contribution is -2.57. The Kier molecular flexibility index (Phi) is 4.00. The second kappa shape index (κ2) is 4.74. The number of carbonyl (C=O) groups excluding carboxylic acids is 1. The quantitative estimate of drug-likeness (QED) is 0.774. The van der Waals surface area contributed by atoms with E-state index in [0.717, 1.165) is 6.42 Å². The highest BCUT2D eigenvalue weighted by molar-refractivity contribution is 5.75. The lowest BCUT2D eigenvalue weighted by Gasteiger charge is -2.49. The van der Waals surface area contributed by atoms with E-state index in [1.54, 1.807) is 0 Å². The Morgan fingerprint density at radius 2 is 2.06 bits per heavy atom. The van der Waals surface area contributed by atoms with Crippen LogP contribution < -0.4 is 11.1 Å². The van der Waals surface area contributed by atoms with Gasteiger partial charge >= 0.3 is 0 Å². The van der Waals surface area contributed by atoms with Crippen LogP contribution >= 0.6 is 0 Å². The van der Waals surface area contributed by atoms with E-state index in [9.17, 15) is 4.79 Å². The maximum absolute atomic E-state index is 11.3. The number of nitrogens with two attached hydrogens (primary N) is 1. The van der Waals surface area contributed by atoms with Crippen molar-refractivity contribution in [2.45, 2.75) is 58.4 Å². The Morgan fingerprint density at radius 1 is 1.44 bits per heavy atom. The van der Waals surface area contributed by atoms with Crippen molar-refractivity contribution in [3.05, 3.63) is 0 Å². The van der Waals surface area contributed by atoms with Gasteiger partial charge in [0.25, 0.3) is 0 Å². The molecule has 16 heavy (non-hydrogen) atoms. The smallest absolute Gasteiger partial charge is 0.219 e. The fraction of sp³-hybridized carbons (Fsp3) is 0.923. The summed E-state index contributed by atoms with van der Waals surface area (Å²) in [6.45, 7) is 6.78. The van der Waals surface area contributed by atoms with Crippen molar-refractivity contribution in [3.8, 4) is 0 Å². The van der Waals surface area contributed by atoms with Gasteiger partial charge in [-0.1, -0.05) is 33.6 Å². The van der Waals surface area contributed by atoms with Crippen LogP contribution in [-0.2, 0) is 4.79 Å². The zero-order valence-corrected chi connectivity index (χ0v) is 11.1. The van der Waals surface area contributed by atoms with Crippen molar-refractivity contribution < 1.29 is 4.79 Å². The highest BCUT2D eigenvalue weighted by Crippen LogP contribution is 2.45. The van der Waals surface area contributed by atoms with E-state index in [0.29, 0.717) is 12.3 Å². The Bertz CT molecular complexity index is 257. The minimum Gasteiger partial charge on any atom is -0.370 e. The van der Waals surface area contributed by atoms with Gasteiger partial charge in [0.2, 0.25) is 5.91 Å². The van der Waals surface area contributed by atoms with Crippen LogP contribution in [0.15, 0.2) is 0 Å². The Labute approximate surface area is 99.2 Å². The van der Waals surface area contributed by atoms with Gasteiger partial charge in [-0.15, -0.1) is 0 Å². The fourth-order valence-electron chi connectivity index (χ4n) is 3.41.